The van der Waals surface area contributed by atoms with Crippen molar-refractivity contribution in [2.45, 2.75) is 19.4 Å². The zero-order valence-corrected chi connectivity index (χ0v) is 15.4. The minimum atomic E-state index is -0.797. The molecule has 26 heavy (non-hydrogen) atoms. The molecule has 0 N–H and O–H groups in total. The molecule has 0 amide bonds. The number of aromatic nitrogens is 2. The molecule has 8 nitrogen and oxygen atoms in total. The number of carbonyl (C=O) groups excluding carboxylic acids is 1. The van der Waals surface area contributed by atoms with Crippen molar-refractivity contribution in [1.82, 2.24) is 9.78 Å². The van der Waals surface area contributed by atoms with Crippen molar-refractivity contribution >= 4 is 5.97 Å². The Kier molecular flexibility index (Phi) is 6.21. The zero-order valence-electron chi connectivity index (χ0n) is 15.4. The van der Waals surface area contributed by atoms with Crippen LogP contribution in [0.1, 0.15) is 19.4 Å². The van der Waals surface area contributed by atoms with Crippen molar-refractivity contribution in [3.05, 3.63) is 34.6 Å². The average molecular weight is 362 g/mol. The Morgan fingerprint density at radius 1 is 1.08 bits per heavy atom. The quantitative estimate of drug-likeness (QED) is 0.697. The second-order valence-electron chi connectivity index (χ2n) is 5.36. The van der Waals surface area contributed by atoms with Crippen LogP contribution in [0, 0.1) is 0 Å². The van der Waals surface area contributed by atoms with E-state index in [9.17, 15) is 9.59 Å². The number of rotatable bonds is 7. The summed E-state index contributed by atoms with van der Waals surface area (Å²) < 4.78 is 21.9. The van der Waals surface area contributed by atoms with Gasteiger partial charge in [-0.2, -0.15) is 5.10 Å². The molecule has 2 aromatic rings. The van der Waals surface area contributed by atoms with Crippen molar-refractivity contribution in [3.63, 3.8) is 0 Å². The third-order valence-corrected chi connectivity index (χ3v) is 3.94. The maximum Gasteiger partial charge on any atom is 0.330 e. The lowest BCUT2D eigenvalue weighted by Crippen LogP contribution is -2.32. The van der Waals surface area contributed by atoms with E-state index in [1.807, 2.05) is 0 Å². The SMILES string of the molecule is CCC(C(=O)OC)n1nc(-c2cc(OC)c(OC)c(OC)c2)ccc1=O. The Hall–Kier alpha value is -3.03. The topological polar surface area (TPSA) is 88.9 Å². The van der Waals surface area contributed by atoms with Gasteiger partial charge in [-0.25, -0.2) is 9.48 Å². The fourth-order valence-corrected chi connectivity index (χ4v) is 2.61. The van der Waals surface area contributed by atoms with Crippen LogP contribution in [0.2, 0.25) is 0 Å². The highest BCUT2D eigenvalue weighted by Gasteiger charge is 2.22. The van der Waals surface area contributed by atoms with Gasteiger partial charge in [0.25, 0.3) is 5.56 Å². The molecule has 1 unspecified atom stereocenters. The van der Waals surface area contributed by atoms with Gasteiger partial charge in [0.1, 0.15) is 0 Å². The molecule has 1 aromatic carbocycles. The number of benzene rings is 1. The Morgan fingerprint density at radius 2 is 1.69 bits per heavy atom. The number of hydrogen-bond donors (Lipinski definition) is 0. The second kappa shape index (κ2) is 8.37. The number of methoxy groups -OCH3 is 4. The summed E-state index contributed by atoms with van der Waals surface area (Å²) in [4.78, 5) is 24.1. The molecule has 0 saturated heterocycles. The minimum absolute atomic E-state index is 0.373. The molecular weight excluding hydrogens is 340 g/mol. The van der Waals surface area contributed by atoms with Gasteiger partial charge in [-0.1, -0.05) is 6.92 Å². The Morgan fingerprint density at radius 3 is 2.15 bits per heavy atom. The largest absolute Gasteiger partial charge is 0.493 e. The summed E-state index contributed by atoms with van der Waals surface area (Å²) in [5, 5.41) is 4.34. The van der Waals surface area contributed by atoms with Crippen LogP contribution in [0.4, 0.5) is 0 Å². The molecule has 2 rings (SSSR count). The van der Waals surface area contributed by atoms with Crippen LogP contribution >= 0.6 is 0 Å². The third-order valence-electron chi connectivity index (χ3n) is 3.94. The summed E-state index contributed by atoms with van der Waals surface area (Å²) in [6, 6.07) is 5.57. The van der Waals surface area contributed by atoms with Crippen molar-refractivity contribution in [3.8, 4) is 28.5 Å². The molecule has 8 heteroatoms. The highest BCUT2D eigenvalue weighted by molar-refractivity contribution is 5.74. The third kappa shape index (κ3) is 3.63. The van der Waals surface area contributed by atoms with Gasteiger partial charge in [0.15, 0.2) is 17.5 Å². The first-order valence-electron chi connectivity index (χ1n) is 7.98. The van der Waals surface area contributed by atoms with E-state index >= 15 is 0 Å². The molecule has 0 bridgehead atoms. The van der Waals surface area contributed by atoms with Crippen LogP contribution in [0.3, 0.4) is 0 Å². The number of hydrogen-bond acceptors (Lipinski definition) is 7. The number of carbonyl (C=O) groups is 1. The second-order valence-corrected chi connectivity index (χ2v) is 5.36. The Labute approximate surface area is 151 Å². The van der Waals surface area contributed by atoms with Crippen LogP contribution in [0.15, 0.2) is 29.1 Å². The maximum atomic E-state index is 12.2. The standard InChI is InChI=1S/C18H22N2O6/c1-6-13(18(22)26-5)20-16(21)8-7-12(19-20)11-9-14(23-2)17(25-4)15(10-11)24-3/h7-10,13H,6H2,1-5H3. The summed E-state index contributed by atoms with van der Waals surface area (Å²) in [5.74, 6) is 0.847. The molecule has 1 aromatic heterocycles. The molecule has 0 aliphatic heterocycles. The molecule has 0 aliphatic rings. The van der Waals surface area contributed by atoms with Gasteiger partial charge in [-0.05, 0) is 24.6 Å². The molecule has 1 heterocycles. The highest BCUT2D eigenvalue weighted by Crippen LogP contribution is 2.40. The fraction of sp³-hybridized carbons (Fsp3) is 0.389. The summed E-state index contributed by atoms with van der Waals surface area (Å²) in [5.41, 5.74) is 0.734. The zero-order chi connectivity index (χ0) is 19.3. The van der Waals surface area contributed by atoms with Crippen molar-refractivity contribution in [2.75, 3.05) is 28.4 Å². The van der Waals surface area contributed by atoms with Crippen LogP contribution in [-0.4, -0.2) is 44.2 Å². The smallest absolute Gasteiger partial charge is 0.330 e. The van der Waals surface area contributed by atoms with Gasteiger partial charge in [0.2, 0.25) is 5.75 Å². The van der Waals surface area contributed by atoms with Crippen molar-refractivity contribution in [1.29, 1.82) is 0 Å². The monoisotopic (exact) mass is 362 g/mol. The number of nitrogens with zero attached hydrogens (tertiary/aromatic N) is 2. The molecule has 0 fully saturated rings. The van der Waals surface area contributed by atoms with E-state index in [0.29, 0.717) is 34.9 Å². The van der Waals surface area contributed by atoms with Crippen LogP contribution in [0.5, 0.6) is 17.2 Å². The van der Waals surface area contributed by atoms with E-state index in [1.165, 1.54) is 34.5 Å². The Bertz CT molecular complexity index is 821. The first-order valence-corrected chi connectivity index (χ1v) is 7.98. The average Bonchev–Trinajstić information content (AvgIpc) is 2.68. The van der Waals surface area contributed by atoms with Crippen molar-refractivity contribution in [2.24, 2.45) is 0 Å². The number of esters is 1. The van der Waals surface area contributed by atoms with Gasteiger partial charge in [0, 0.05) is 11.6 Å². The molecule has 0 radical (unpaired) electrons. The molecule has 1 atom stereocenters. The van der Waals surface area contributed by atoms with E-state index < -0.39 is 17.6 Å². The molecular formula is C18H22N2O6. The van der Waals surface area contributed by atoms with E-state index in [1.54, 1.807) is 25.1 Å². The molecule has 0 aliphatic carbocycles. The van der Waals surface area contributed by atoms with Gasteiger partial charge in [-0.3, -0.25) is 4.79 Å². The van der Waals surface area contributed by atoms with Crippen LogP contribution in [-0.2, 0) is 9.53 Å². The van der Waals surface area contributed by atoms with Crippen molar-refractivity contribution < 1.29 is 23.7 Å². The van der Waals surface area contributed by atoms with Gasteiger partial charge in [0.05, 0.1) is 34.1 Å². The van der Waals surface area contributed by atoms with E-state index in [2.05, 4.69) is 5.10 Å². The molecule has 0 saturated carbocycles. The lowest BCUT2D eigenvalue weighted by molar-refractivity contribution is -0.145. The maximum absolute atomic E-state index is 12.2. The van der Waals surface area contributed by atoms with E-state index in [0.717, 1.165) is 4.68 Å². The predicted octanol–water partition coefficient (Wildman–Crippen LogP) is 2.06. The fourth-order valence-electron chi connectivity index (χ4n) is 2.61. The lowest BCUT2D eigenvalue weighted by atomic mass is 10.1. The Balaban J connectivity index is 2.61. The summed E-state index contributed by atoms with van der Waals surface area (Å²) >= 11 is 0. The van der Waals surface area contributed by atoms with Gasteiger partial charge >= 0.3 is 5.97 Å². The highest BCUT2D eigenvalue weighted by atomic mass is 16.5. The lowest BCUT2D eigenvalue weighted by Gasteiger charge is -2.17. The van der Waals surface area contributed by atoms with E-state index in [4.69, 9.17) is 18.9 Å². The van der Waals surface area contributed by atoms with Crippen LogP contribution < -0.4 is 19.8 Å². The number of ether oxygens (including phenoxy) is 4. The van der Waals surface area contributed by atoms with Gasteiger partial charge < -0.3 is 18.9 Å². The van der Waals surface area contributed by atoms with Gasteiger partial charge in [-0.15, -0.1) is 0 Å². The summed E-state index contributed by atoms with van der Waals surface area (Å²) in [6.07, 6.45) is 0.373. The minimum Gasteiger partial charge on any atom is -0.493 e. The summed E-state index contributed by atoms with van der Waals surface area (Å²) in [7, 11) is 5.82. The molecule has 0 spiro atoms. The molecule has 140 valence electrons. The van der Waals surface area contributed by atoms with Crippen LogP contribution in [0.25, 0.3) is 11.3 Å². The van der Waals surface area contributed by atoms with E-state index in [-0.39, 0.29) is 0 Å². The summed E-state index contributed by atoms with van der Waals surface area (Å²) in [6.45, 7) is 1.78. The predicted molar refractivity (Wildman–Crippen MR) is 94.9 cm³/mol. The first-order chi connectivity index (χ1) is 12.5. The first kappa shape index (κ1) is 19.3. The normalized spacial score (nSPS) is 11.6.